The van der Waals surface area contributed by atoms with Crippen molar-refractivity contribution < 1.29 is 13.6 Å². The highest BCUT2D eigenvalue weighted by atomic mass is 28.4. The van der Waals surface area contributed by atoms with E-state index in [1.54, 1.807) is 7.11 Å². The highest BCUT2D eigenvalue weighted by Crippen LogP contribution is 2.61. The largest absolute Gasteiger partial charge is 0.497 e. The predicted molar refractivity (Wildman–Crippen MR) is 99.9 cm³/mol. The molecule has 0 radical (unpaired) electrons. The number of ether oxygens (including phenoxy) is 1. The fourth-order valence-corrected chi connectivity index (χ4v) is 9.58. The van der Waals surface area contributed by atoms with Gasteiger partial charge in [-0.25, -0.2) is 0 Å². The summed E-state index contributed by atoms with van der Waals surface area (Å²) in [5.74, 6) is 1.48. The number of hydrogen-bond acceptors (Lipinski definition) is 3. The van der Waals surface area contributed by atoms with Gasteiger partial charge in [0.05, 0.1) is 7.11 Å². The van der Waals surface area contributed by atoms with Crippen LogP contribution in [0.4, 0.5) is 0 Å². The number of methoxy groups -OCH3 is 1. The molecule has 0 amide bonds. The molecule has 0 bridgehead atoms. The van der Waals surface area contributed by atoms with Crippen LogP contribution in [-0.4, -0.2) is 28.9 Å². The predicted octanol–water partition coefficient (Wildman–Crippen LogP) is 5.04. The molecule has 0 N–H and O–H groups in total. The average Bonchev–Trinajstić information content (AvgIpc) is 3.20. The molecule has 1 heterocycles. The minimum Gasteiger partial charge on any atom is -0.497 e. The van der Waals surface area contributed by atoms with Crippen LogP contribution in [-0.2, 0) is 14.3 Å². The molecule has 2 aliphatic rings. The Morgan fingerprint density at radius 1 is 1.00 bits per heavy atom. The third-order valence-electron chi connectivity index (χ3n) is 5.89. The molecule has 1 saturated heterocycles. The minimum atomic E-state index is -2.37. The maximum absolute atomic E-state index is 6.77. The van der Waals surface area contributed by atoms with Crippen molar-refractivity contribution in [2.75, 3.05) is 20.3 Å². The Hall–Kier alpha value is -0.843. The van der Waals surface area contributed by atoms with Crippen molar-refractivity contribution in [2.24, 2.45) is 5.92 Å². The quantitative estimate of drug-likeness (QED) is 0.701. The topological polar surface area (TPSA) is 27.7 Å². The first-order valence-electron chi connectivity index (χ1n) is 8.98. The first-order chi connectivity index (χ1) is 11.1. The van der Waals surface area contributed by atoms with Crippen molar-refractivity contribution >= 4 is 8.56 Å². The number of benzene rings is 1. The van der Waals surface area contributed by atoms with Crippen molar-refractivity contribution in [3.8, 4) is 5.75 Å². The Balaban J connectivity index is 1.90. The lowest BCUT2D eigenvalue weighted by atomic mass is 9.94. The summed E-state index contributed by atoms with van der Waals surface area (Å²) in [6, 6.07) is 8.52. The molecule has 2 atom stereocenters. The van der Waals surface area contributed by atoms with E-state index in [1.165, 1.54) is 5.56 Å². The van der Waals surface area contributed by atoms with Crippen molar-refractivity contribution in [2.45, 2.75) is 63.5 Å². The molecule has 3 rings (SSSR count). The molecule has 0 spiro atoms. The molecule has 0 aromatic heterocycles. The van der Waals surface area contributed by atoms with E-state index < -0.39 is 8.56 Å². The highest BCUT2D eigenvalue weighted by Gasteiger charge is 2.65. The number of hydrogen-bond donors (Lipinski definition) is 0. The van der Waals surface area contributed by atoms with E-state index in [1.807, 2.05) is 0 Å². The number of rotatable bonds is 2. The zero-order chi connectivity index (χ0) is 17.8. The van der Waals surface area contributed by atoms with Crippen LogP contribution in [0, 0.1) is 5.92 Å². The maximum atomic E-state index is 6.77. The van der Waals surface area contributed by atoms with E-state index in [2.05, 4.69) is 65.8 Å². The second-order valence-electron chi connectivity index (χ2n) is 9.50. The number of fused-ring (bicyclic) bond motifs is 1. The van der Waals surface area contributed by atoms with Crippen LogP contribution in [0.3, 0.4) is 0 Å². The van der Waals surface area contributed by atoms with Gasteiger partial charge in [-0.2, -0.15) is 0 Å². The summed E-state index contributed by atoms with van der Waals surface area (Å²) < 4.78 is 18.7. The molecule has 0 unspecified atom stereocenters. The zero-order valence-corrected chi connectivity index (χ0v) is 17.2. The van der Waals surface area contributed by atoms with Crippen molar-refractivity contribution in [1.82, 2.24) is 0 Å². The van der Waals surface area contributed by atoms with Crippen LogP contribution in [0.1, 0.15) is 53.5 Å². The summed E-state index contributed by atoms with van der Waals surface area (Å²) >= 11 is 0. The second-order valence-corrected chi connectivity index (χ2v) is 14.3. The van der Waals surface area contributed by atoms with Gasteiger partial charge in [0, 0.05) is 28.7 Å². The van der Waals surface area contributed by atoms with E-state index >= 15 is 0 Å². The lowest BCUT2D eigenvalue weighted by Gasteiger charge is -2.48. The summed E-state index contributed by atoms with van der Waals surface area (Å²) in [4.78, 5) is 0. The van der Waals surface area contributed by atoms with Crippen LogP contribution in [0.15, 0.2) is 24.3 Å². The van der Waals surface area contributed by atoms with Gasteiger partial charge in [-0.1, -0.05) is 53.7 Å². The molecule has 2 fully saturated rings. The fourth-order valence-electron chi connectivity index (χ4n) is 4.62. The van der Waals surface area contributed by atoms with Crippen LogP contribution in [0.25, 0.3) is 0 Å². The smallest absolute Gasteiger partial charge is 0.349 e. The monoisotopic (exact) mass is 348 g/mol. The van der Waals surface area contributed by atoms with Crippen LogP contribution < -0.4 is 4.74 Å². The van der Waals surface area contributed by atoms with Gasteiger partial charge in [-0.15, -0.1) is 0 Å². The first kappa shape index (κ1) is 18.0. The Bertz CT molecular complexity index is 583. The van der Waals surface area contributed by atoms with Gasteiger partial charge in [-0.05, 0) is 30.0 Å². The summed E-state index contributed by atoms with van der Waals surface area (Å²) in [6.45, 7) is 15.3. The molecule has 4 heteroatoms. The van der Waals surface area contributed by atoms with E-state index in [4.69, 9.17) is 13.6 Å². The van der Waals surface area contributed by atoms with Crippen molar-refractivity contribution in [3.05, 3.63) is 29.8 Å². The molecular weight excluding hydrogens is 316 g/mol. The van der Waals surface area contributed by atoms with Gasteiger partial charge < -0.3 is 13.6 Å². The van der Waals surface area contributed by atoms with Crippen LogP contribution in [0.5, 0.6) is 5.75 Å². The van der Waals surface area contributed by atoms with E-state index in [0.29, 0.717) is 5.92 Å². The Kier molecular flexibility index (Phi) is 4.18. The molecule has 1 aromatic carbocycles. The van der Waals surface area contributed by atoms with E-state index in [9.17, 15) is 0 Å². The molecule has 1 aromatic rings. The molecule has 1 aliphatic carbocycles. The van der Waals surface area contributed by atoms with Crippen LogP contribution >= 0.6 is 0 Å². The lowest BCUT2D eigenvalue weighted by Crippen LogP contribution is -2.57. The summed E-state index contributed by atoms with van der Waals surface area (Å²) in [5.41, 5.74) is 1.50. The minimum absolute atomic E-state index is 0.0448. The van der Waals surface area contributed by atoms with E-state index in [0.717, 1.165) is 25.4 Å². The Morgan fingerprint density at radius 2 is 1.58 bits per heavy atom. The Labute approximate surface area is 147 Å². The van der Waals surface area contributed by atoms with Crippen molar-refractivity contribution in [3.63, 3.8) is 0 Å². The maximum Gasteiger partial charge on any atom is 0.349 e. The Morgan fingerprint density at radius 3 is 2.08 bits per heavy atom. The first-order valence-corrected chi connectivity index (χ1v) is 10.8. The van der Waals surface area contributed by atoms with Gasteiger partial charge in [-0.3, -0.25) is 0 Å². The molecule has 3 nitrogen and oxygen atoms in total. The zero-order valence-electron chi connectivity index (χ0n) is 16.2. The molecule has 134 valence electrons. The standard InChI is InChI=1S/C20H32O3Si/c1-18(2,3)24(19(4,5)6)22-13-16-12-20(16,14-23-24)15-8-10-17(21-7)11-9-15/h8-11,16H,12-14H2,1-7H3/t16-,20+/m1/s1. The normalized spacial score (nSPS) is 29.5. The summed E-state index contributed by atoms with van der Waals surface area (Å²) in [6.07, 6.45) is 1.16. The fraction of sp³-hybridized carbons (Fsp3) is 0.700. The summed E-state index contributed by atoms with van der Waals surface area (Å²) in [7, 11) is -0.659. The third-order valence-corrected chi connectivity index (χ3v) is 11.0. The third kappa shape index (κ3) is 2.63. The van der Waals surface area contributed by atoms with Crippen molar-refractivity contribution in [1.29, 1.82) is 0 Å². The van der Waals surface area contributed by atoms with Gasteiger partial charge in [0.1, 0.15) is 5.75 Å². The second kappa shape index (κ2) is 5.58. The lowest BCUT2D eigenvalue weighted by molar-refractivity contribution is 0.137. The summed E-state index contributed by atoms with van der Waals surface area (Å²) in [5, 5.41) is 0.0895. The average molecular weight is 349 g/mol. The molecule has 24 heavy (non-hydrogen) atoms. The molecule has 1 saturated carbocycles. The SMILES string of the molecule is COc1ccc([C@]23CO[Si](C(C)(C)C)(C(C)(C)C)OC[C@H]2C3)cc1. The van der Waals surface area contributed by atoms with Gasteiger partial charge in [0.15, 0.2) is 0 Å². The van der Waals surface area contributed by atoms with E-state index in [-0.39, 0.29) is 15.5 Å². The highest BCUT2D eigenvalue weighted by molar-refractivity contribution is 6.73. The van der Waals surface area contributed by atoms with Gasteiger partial charge >= 0.3 is 8.56 Å². The van der Waals surface area contributed by atoms with Gasteiger partial charge in [0.25, 0.3) is 0 Å². The molecule has 1 aliphatic heterocycles. The van der Waals surface area contributed by atoms with Crippen LogP contribution in [0.2, 0.25) is 10.1 Å². The van der Waals surface area contributed by atoms with Gasteiger partial charge in [0.2, 0.25) is 0 Å². The molecular formula is C20H32O3Si.